The summed E-state index contributed by atoms with van der Waals surface area (Å²) in [6.45, 7) is 4.92. The van der Waals surface area contributed by atoms with E-state index in [0.717, 1.165) is 11.9 Å². The van der Waals surface area contributed by atoms with Crippen molar-refractivity contribution in [3.05, 3.63) is 11.6 Å². The molecule has 0 N–H and O–H groups in total. The molecule has 2 nitrogen and oxygen atoms in total. The maximum absolute atomic E-state index is 9.98. The van der Waals surface area contributed by atoms with Crippen LogP contribution in [0.3, 0.4) is 0 Å². The fourth-order valence-corrected chi connectivity index (χ4v) is 0.356. The maximum atomic E-state index is 9.98. The molecular formula is C7H12O2. The molecule has 0 aliphatic heterocycles. The fraction of sp³-hybridized carbons (Fsp3) is 0.571. The number of carbonyl (C=O) groups is 1. The minimum atomic E-state index is 0.543. The molecule has 0 aromatic carbocycles. The summed E-state index contributed by atoms with van der Waals surface area (Å²) in [6, 6.07) is 0. The highest BCUT2D eigenvalue weighted by molar-refractivity contribution is 5.71. The number of rotatable bonds is 4. The summed E-state index contributed by atoms with van der Waals surface area (Å²) >= 11 is 0. The van der Waals surface area contributed by atoms with E-state index in [2.05, 4.69) is 0 Å². The van der Waals surface area contributed by atoms with Gasteiger partial charge in [0.15, 0.2) is 0 Å². The van der Waals surface area contributed by atoms with Gasteiger partial charge in [0, 0.05) is 6.61 Å². The zero-order valence-electron chi connectivity index (χ0n) is 5.89. The standard InChI is InChI=1S/C7H12O2/c1-3-9-5-4-7(2)6-8/h4,6H,3,5H2,1-2H3. The van der Waals surface area contributed by atoms with E-state index < -0.39 is 0 Å². The van der Waals surface area contributed by atoms with Gasteiger partial charge in [0.1, 0.15) is 6.29 Å². The molecule has 0 saturated carbocycles. The number of hydrogen-bond acceptors (Lipinski definition) is 2. The average Bonchev–Trinajstić information content (AvgIpc) is 1.89. The summed E-state index contributed by atoms with van der Waals surface area (Å²) in [6.07, 6.45) is 2.58. The second kappa shape index (κ2) is 5.51. The molecule has 0 aliphatic rings. The Bertz CT molecular complexity index is 105. The van der Waals surface area contributed by atoms with E-state index in [0.29, 0.717) is 13.2 Å². The van der Waals surface area contributed by atoms with Crippen molar-refractivity contribution in [3.63, 3.8) is 0 Å². The van der Waals surface area contributed by atoms with Crippen molar-refractivity contribution in [2.24, 2.45) is 0 Å². The summed E-state index contributed by atoms with van der Waals surface area (Å²) in [5.41, 5.74) is 0.725. The quantitative estimate of drug-likeness (QED) is 0.323. The third-order valence-electron chi connectivity index (χ3n) is 0.913. The lowest BCUT2D eigenvalue weighted by Gasteiger charge is -1.92. The second-order valence-corrected chi connectivity index (χ2v) is 1.73. The van der Waals surface area contributed by atoms with E-state index in [1.165, 1.54) is 0 Å². The Morgan fingerprint density at radius 3 is 2.78 bits per heavy atom. The summed E-state index contributed by atoms with van der Waals surface area (Å²) in [5, 5.41) is 0. The van der Waals surface area contributed by atoms with E-state index in [1.807, 2.05) is 6.92 Å². The first-order valence-corrected chi connectivity index (χ1v) is 3.01. The largest absolute Gasteiger partial charge is 0.378 e. The van der Waals surface area contributed by atoms with Crippen LogP contribution in [0.1, 0.15) is 13.8 Å². The highest BCUT2D eigenvalue weighted by Crippen LogP contribution is 1.85. The Morgan fingerprint density at radius 2 is 2.33 bits per heavy atom. The molecule has 0 heterocycles. The van der Waals surface area contributed by atoms with E-state index in [9.17, 15) is 4.79 Å². The van der Waals surface area contributed by atoms with Gasteiger partial charge in [-0.1, -0.05) is 6.08 Å². The van der Waals surface area contributed by atoms with Gasteiger partial charge < -0.3 is 4.74 Å². The van der Waals surface area contributed by atoms with Crippen molar-refractivity contribution in [1.29, 1.82) is 0 Å². The van der Waals surface area contributed by atoms with Crippen LogP contribution in [-0.4, -0.2) is 19.5 Å². The van der Waals surface area contributed by atoms with Gasteiger partial charge in [0.25, 0.3) is 0 Å². The molecule has 0 rings (SSSR count). The highest BCUT2D eigenvalue weighted by Gasteiger charge is 1.81. The molecule has 0 amide bonds. The molecule has 0 aromatic heterocycles. The number of ether oxygens (including phenoxy) is 1. The van der Waals surface area contributed by atoms with Crippen LogP contribution in [0, 0.1) is 0 Å². The van der Waals surface area contributed by atoms with E-state index in [-0.39, 0.29) is 0 Å². The molecule has 9 heavy (non-hydrogen) atoms. The van der Waals surface area contributed by atoms with Crippen LogP contribution >= 0.6 is 0 Å². The lowest BCUT2D eigenvalue weighted by atomic mass is 10.3. The second-order valence-electron chi connectivity index (χ2n) is 1.73. The van der Waals surface area contributed by atoms with E-state index >= 15 is 0 Å². The zero-order chi connectivity index (χ0) is 7.11. The van der Waals surface area contributed by atoms with Crippen molar-refractivity contribution in [1.82, 2.24) is 0 Å². The maximum Gasteiger partial charge on any atom is 0.145 e. The first-order chi connectivity index (χ1) is 4.31. The van der Waals surface area contributed by atoms with Gasteiger partial charge in [-0.25, -0.2) is 0 Å². The smallest absolute Gasteiger partial charge is 0.145 e. The summed E-state index contributed by atoms with van der Waals surface area (Å²) in [4.78, 5) is 9.98. The topological polar surface area (TPSA) is 26.3 Å². The molecule has 0 saturated heterocycles. The summed E-state index contributed by atoms with van der Waals surface area (Å²) in [7, 11) is 0. The van der Waals surface area contributed by atoms with Crippen LogP contribution in [0.2, 0.25) is 0 Å². The molecule has 0 aliphatic carbocycles. The van der Waals surface area contributed by atoms with Crippen LogP contribution in [0.25, 0.3) is 0 Å². The normalized spacial score (nSPS) is 11.6. The minimum Gasteiger partial charge on any atom is -0.378 e. The molecular weight excluding hydrogens is 116 g/mol. The molecule has 0 spiro atoms. The van der Waals surface area contributed by atoms with Crippen LogP contribution in [0.5, 0.6) is 0 Å². The molecule has 2 heteroatoms. The molecule has 0 unspecified atom stereocenters. The van der Waals surface area contributed by atoms with Crippen molar-refractivity contribution in [3.8, 4) is 0 Å². The van der Waals surface area contributed by atoms with Crippen molar-refractivity contribution in [2.45, 2.75) is 13.8 Å². The molecule has 52 valence electrons. The highest BCUT2D eigenvalue weighted by atomic mass is 16.5. The van der Waals surface area contributed by atoms with Gasteiger partial charge in [0.05, 0.1) is 6.61 Å². The van der Waals surface area contributed by atoms with Gasteiger partial charge in [-0.3, -0.25) is 4.79 Å². The van der Waals surface area contributed by atoms with Crippen LogP contribution < -0.4 is 0 Å². The number of hydrogen-bond donors (Lipinski definition) is 0. The lowest BCUT2D eigenvalue weighted by molar-refractivity contribution is -0.104. The Labute approximate surface area is 55.5 Å². The van der Waals surface area contributed by atoms with Gasteiger partial charge >= 0.3 is 0 Å². The fourth-order valence-electron chi connectivity index (χ4n) is 0.356. The van der Waals surface area contributed by atoms with E-state index in [1.54, 1.807) is 13.0 Å². The van der Waals surface area contributed by atoms with Gasteiger partial charge in [0.2, 0.25) is 0 Å². The molecule has 0 atom stereocenters. The molecule has 0 bridgehead atoms. The lowest BCUT2D eigenvalue weighted by Crippen LogP contribution is -1.90. The first-order valence-electron chi connectivity index (χ1n) is 3.01. The molecule has 0 fully saturated rings. The van der Waals surface area contributed by atoms with Crippen LogP contribution in [0.15, 0.2) is 11.6 Å². The van der Waals surface area contributed by atoms with Gasteiger partial charge in [-0.2, -0.15) is 0 Å². The Morgan fingerprint density at radius 1 is 1.67 bits per heavy atom. The van der Waals surface area contributed by atoms with Crippen LogP contribution in [0.4, 0.5) is 0 Å². The van der Waals surface area contributed by atoms with Crippen molar-refractivity contribution >= 4 is 6.29 Å². The SMILES string of the molecule is CCOCC=C(C)C=O. The number of allylic oxidation sites excluding steroid dienone is 1. The first kappa shape index (κ1) is 8.37. The third kappa shape index (κ3) is 5.24. The van der Waals surface area contributed by atoms with Crippen molar-refractivity contribution < 1.29 is 9.53 Å². The predicted molar refractivity (Wildman–Crippen MR) is 36.3 cm³/mol. The number of carbonyl (C=O) groups excluding carboxylic acids is 1. The van der Waals surface area contributed by atoms with Gasteiger partial charge in [-0.15, -0.1) is 0 Å². The zero-order valence-corrected chi connectivity index (χ0v) is 5.89. The number of aldehydes is 1. The monoisotopic (exact) mass is 128 g/mol. The van der Waals surface area contributed by atoms with Crippen molar-refractivity contribution in [2.75, 3.05) is 13.2 Å². The van der Waals surface area contributed by atoms with E-state index in [4.69, 9.17) is 4.74 Å². The molecule has 0 aromatic rings. The minimum absolute atomic E-state index is 0.543. The van der Waals surface area contributed by atoms with Gasteiger partial charge in [-0.05, 0) is 19.4 Å². The molecule has 0 radical (unpaired) electrons. The summed E-state index contributed by atoms with van der Waals surface area (Å²) in [5.74, 6) is 0. The van der Waals surface area contributed by atoms with Crippen LogP contribution in [-0.2, 0) is 9.53 Å². The Kier molecular flexibility index (Phi) is 5.12. The summed E-state index contributed by atoms with van der Waals surface area (Å²) < 4.78 is 4.97. The average molecular weight is 128 g/mol. The Hall–Kier alpha value is -0.630. The predicted octanol–water partition coefficient (Wildman–Crippen LogP) is 1.17. The Balaban J connectivity index is 3.31. The third-order valence-corrected chi connectivity index (χ3v) is 0.913.